The molecular weight excluding hydrogens is 222 g/mol. The molecule has 17 heavy (non-hydrogen) atoms. The molecule has 5 nitrogen and oxygen atoms in total. The van der Waals surface area contributed by atoms with Crippen LogP contribution in [0.4, 0.5) is 0 Å². The van der Waals surface area contributed by atoms with Crippen molar-refractivity contribution in [1.29, 1.82) is 0 Å². The van der Waals surface area contributed by atoms with Crippen molar-refractivity contribution >= 4 is 11.7 Å². The topological polar surface area (TPSA) is 55.8 Å². The van der Waals surface area contributed by atoms with E-state index in [1.807, 2.05) is 0 Å². The van der Waals surface area contributed by atoms with Gasteiger partial charge in [0.15, 0.2) is 0 Å². The van der Waals surface area contributed by atoms with Gasteiger partial charge in [-0.05, 0) is 6.42 Å². The summed E-state index contributed by atoms with van der Waals surface area (Å²) in [6.07, 6.45) is 2.00. The number of hydrogen-bond acceptors (Lipinski definition) is 4. The third-order valence-electron chi connectivity index (χ3n) is 3.28. The zero-order valence-electron chi connectivity index (χ0n) is 10.0. The number of Topliss-reactive ketones (excluding diaryl/α,β-unsaturated/α-hetero) is 1. The number of carbonyl (C=O) groups excluding carboxylic acids is 2. The summed E-state index contributed by atoms with van der Waals surface area (Å²) < 4.78 is 10.6. The van der Waals surface area contributed by atoms with Crippen LogP contribution in [-0.4, -0.2) is 56.1 Å². The molecule has 5 heteroatoms. The maximum atomic E-state index is 11.7. The largest absolute Gasteiger partial charge is 0.381 e. The average molecular weight is 241 g/mol. The molecule has 96 valence electrons. The van der Waals surface area contributed by atoms with Gasteiger partial charge in [-0.25, -0.2) is 0 Å². The lowest BCUT2D eigenvalue weighted by Gasteiger charge is -2.26. The summed E-state index contributed by atoms with van der Waals surface area (Å²) in [5.74, 6) is 0.681. The Balaban J connectivity index is 1.61. The lowest BCUT2D eigenvalue weighted by atomic mass is 10.1. The number of nitrogens with zero attached hydrogens (tertiary/aromatic N) is 1. The van der Waals surface area contributed by atoms with Gasteiger partial charge in [0.2, 0.25) is 5.91 Å². The van der Waals surface area contributed by atoms with E-state index >= 15 is 0 Å². The Morgan fingerprint density at radius 3 is 2.82 bits per heavy atom. The Kier molecular flexibility index (Phi) is 4.50. The highest BCUT2D eigenvalue weighted by molar-refractivity contribution is 5.83. The second kappa shape index (κ2) is 6.12. The van der Waals surface area contributed by atoms with Crippen LogP contribution in [0.3, 0.4) is 0 Å². The first-order chi connectivity index (χ1) is 8.25. The van der Waals surface area contributed by atoms with Crippen molar-refractivity contribution in [3.05, 3.63) is 0 Å². The van der Waals surface area contributed by atoms with Gasteiger partial charge in [-0.2, -0.15) is 0 Å². The van der Waals surface area contributed by atoms with Gasteiger partial charge in [0.05, 0.1) is 13.2 Å². The normalized spacial score (nSPS) is 25.3. The SMILES string of the molecule is O=C1CCN(C(=O)COCC2CCOC2)CC1. The fraction of sp³-hybridized carbons (Fsp3) is 0.833. The van der Waals surface area contributed by atoms with Crippen molar-refractivity contribution < 1.29 is 19.1 Å². The first kappa shape index (κ1) is 12.5. The van der Waals surface area contributed by atoms with E-state index in [0.29, 0.717) is 38.5 Å². The maximum Gasteiger partial charge on any atom is 0.248 e. The lowest BCUT2D eigenvalue weighted by Crippen LogP contribution is -2.40. The molecule has 1 amide bonds. The molecule has 1 unspecified atom stereocenters. The van der Waals surface area contributed by atoms with Crippen molar-refractivity contribution in [2.24, 2.45) is 5.92 Å². The number of ketones is 1. The zero-order valence-corrected chi connectivity index (χ0v) is 10.0. The van der Waals surface area contributed by atoms with Crippen LogP contribution in [0.2, 0.25) is 0 Å². The summed E-state index contributed by atoms with van der Waals surface area (Å²) in [4.78, 5) is 24.5. The van der Waals surface area contributed by atoms with Crippen LogP contribution >= 0.6 is 0 Å². The molecule has 0 bridgehead atoms. The minimum absolute atomic E-state index is 0.00332. The highest BCUT2D eigenvalue weighted by Crippen LogP contribution is 2.12. The van der Waals surface area contributed by atoms with E-state index < -0.39 is 0 Å². The predicted molar refractivity (Wildman–Crippen MR) is 60.6 cm³/mol. The van der Waals surface area contributed by atoms with Crippen LogP contribution in [0.25, 0.3) is 0 Å². The Morgan fingerprint density at radius 1 is 1.41 bits per heavy atom. The van der Waals surface area contributed by atoms with Crippen LogP contribution in [0.15, 0.2) is 0 Å². The average Bonchev–Trinajstić information content (AvgIpc) is 2.83. The summed E-state index contributed by atoms with van der Waals surface area (Å²) >= 11 is 0. The van der Waals surface area contributed by atoms with Crippen molar-refractivity contribution in [3.63, 3.8) is 0 Å². The number of piperidine rings is 1. The van der Waals surface area contributed by atoms with Gasteiger partial charge < -0.3 is 14.4 Å². The van der Waals surface area contributed by atoms with Crippen molar-refractivity contribution in [3.8, 4) is 0 Å². The van der Waals surface area contributed by atoms with Crippen molar-refractivity contribution in [1.82, 2.24) is 4.90 Å². The van der Waals surface area contributed by atoms with Gasteiger partial charge in [-0.15, -0.1) is 0 Å². The van der Waals surface area contributed by atoms with E-state index in [4.69, 9.17) is 9.47 Å². The summed E-state index contributed by atoms with van der Waals surface area (Å²) in [6.45, 7) is 3.37. The molecule has 0 aromatic carbocycles. The van der Waals surface area contributed by atoms with Crippen molar-refractivity contribution in [2.45, 2.75) is 19.3 Å². The molecule has 2 aliphatic heterocycles. The van der Waals surface area contributed by atoms with Gasteiger partial charge in [-0.1, -0.05) is 0 Å². The monoisotopic (exact) mass is 241 g/mol. The van der Waals surface area contributed by atoms with Crippen LogP contribution in [0.5, 0.6) is 0 Å². The molecule has 0 spiro atoms. The maximum absolute atomic E-state index is 11.7. The number of carbonyl (C=O) groups is 2. The molecule has 2 saturated heterocycles. The van der Waals surface area contributed by atoms with Gasteiger partial charge in [0, 0.05) is 38.5 Å². The predicted octanol–water partition coefficient (Wildman–Crippen LogP) is 0.231. The fourth-order valence-electron chi connectivity index (χ4n) is 2.12. The Bertz CT molecular complexity index is 276. The van der Waals surface area contributed by atoms with E-state index in [9.17, 15) is 9.59 Å². The first-order valence-corrected chi connectivity index (χ1v) is 6.20. The third kappa shape index (κ3) is 3.78. The van der Waals surface area contributed by atoms with Gasteiger partial charge in [0.25, 0.3) is 0 Å². The molecule has 0 aromatic heterocycles. The Hall–Kier alpha value is -0.940. The van der Waals surface area contributed by atoms with Gasteiger partial charge >= 0.3 is 0 Å². The molecule has 2 fully saturated rings. The zero-order chi connectivity index (χ0) is 12.1. The number of likely N-dealkylation sites (tertiary alicyclic amines) is 1. The lowest BCUT2D eigenvalue weighted by molar-refractivity contribution is -0.139. The fourth-order valence-corrected chi connectivity index (χ4v) is 2.12. The number of amides is 1. The molecule has 0 saturated carbocycles. The second-order valence-electron chi connectivity index (χ2n) is 4.66. The molecule has 1 atom stereocenters. The molecule has 2 rings (SSSR count). The summed E-state index contributed by atoms with van der Waals surface area (Å²) in [5, 5.41) is 0. The smallest absolute Gasteiger partial charge is 0.248 e. The van der Waals surface area contributed by atoms with E-state index in [0.717, 1.165) is 19.6 Å². The quantitative estimate of drug-likeness (QED) is 0.707. The van der Waals surface area contributed by atoms with E-state index in [1.165, 1.54) is 0 Å². The van der Waals surface area contributed by atoms with Crippen LogP contribution in [0, 0.1) is 5.92 Å². The molecule has 2 aliphatic rings. The van der Waals surface area contributed by atoms with Crippen LogP contribution in [-0.2, 0) is 19.1 Å². The highest BCUT2D eigenvalue weighted by Gasteiger charge is 2.21. The Morgan fingerprint density at radius 2 is 2.18 bits per heavy atom. The van der Waals surface area contributed by atoms with E-state index in [1.54, 1.807) is 4.90 Å². The highest BCUT2D eigenvalue weighted by atomic mass is 16.5. The Labute approximate surface area is 101 Å². The molecular formula is C12H19NO4. The summed E-state index contributed by atoms with van der Waals surface area (Å²) in [7, 11) is 0. The number of rotatable bonds is 4. The minimum atomic E-state index is -0.00332. The van der Waals surface area contributed by atoms with E-state index in [2.05, 4.69) is 0 Å². The third-order valence-corrected chi connectivity index (χ3v) is 3.28. The van der Waals surface area contributed by atoms with Crippen molar-refractivity contribution in [2.75, 3.05) is 39.5 Å². The molecule has 2 heterocycles. The summed E-state index contributed by atoms with van der Waals surface area (Å²) in [6, 6.07) is 0. The molecule has 0 N–H and O–H groups in total. The second-order valence-corrected chi connectivity index (χ2v) is 4.66. The minimum Gasteiger partial charge on any atom is -0.381 e. The number of hydrogen-bond donors (Lipinski definition) is 0. The number of ether oxygens (including phenoxy) is 2. The van der Waals surface area contributed by atoms with Crippen LogP contribution in [0.1, 0.15) is 19.3 Å². The molecule has 0 radical (unpaired) electrons. The van der Waals surface area contributed by atoms with E-state index in [-0.39, 0.29) is 18.3 Å². The van der Waals surface area contributed by atoms with Crippen LogP contribution < -0.4 is 0 Å². The summed E-state index contributed by atoms with van der Waals surface area (Å²) in [5.41, 5.74) is 0. The van der Waals surface area contributed by atoms with Gasteiger partial charge in [0.1, 0.15) is 12.4 Å². The first-order valence-electron chi connectivity index (χ1n) is 6.20. The standard InChI is InChI=1S/C12H19NO4/c14-11-1-4-13(5-2-11)12(15)9-17-8-10-3-6-16-7-10/h10H,1-9H2. The molecule has 0 aromatic rings. The molecule has 0 aliphatic carbocycles. The van der Waals surface area contributed by atoms with Gasteiger partial charge in [-0.3, -0.25) is 9.59 Å².